The second kappa shape index (κ2) is 6.47. The number of carboxylic acids is 1. The average Bonchev–Trinajstić information content (AvgIpc) is 2.33. The van der Waals surface area contributed by atoms with E-state index in [1.807, 2.05) is 0 Å². The van der Waals surface area contributed by atoms with Gasteiger partial charge in [-0.3, -0.25) is 4.79 Å². The molecule has 0 aliphatic rings. The molecule has 0 bridgehead atoms. The number of nitriles is 1. The molecule has 18 heavy (non-hydrogen) atoms. The van der Waals surface area contributed by atoms with Crippen molar-refractivity contribution in [2.75, 3.05) is 13.2 Å². The lowest BCUT2D eigenvalue weighted by molar-refractivity contribution is -0.122. The molecular weight excluding hydrogens is 260 g/mol. The second-order valence-electron chi connectivity index (χ2n) is 3.14. The van der Waals surface area contributed by atoms with Crippen molar-refractivity contribution in [3.8, 4) is 11.8 Å². The molecule has 0 atom stereocenters. The van der Waals surface area contributed by atoms with Crippen molar-refractivity contribution in [2.24, 2.45) is 0 Å². The number of nitrogens with one attached hydrogen (secondary N) is 1. The molecule has 6 nitrogen and oxygen atoms in total. The Labute approximate surface area is 108 Å². The number of carbonyl (C=O) groups excluding carboxylic acids is 1. The fourth-order valence-electron chi connectivity index (χ4n) is 1.16. The molecule has 0 aliphatic heterocycles. The van der Waals surface area contributed by atoms with Gasteiger partial charge in [0.25, 0.3) is 5.91 Å². The minimum absolute atomic E-state index is 0.00195. The van der Waals surface area contributed by atoms with Crippen molar-refractivity contribution in [1.82, 2.24) is 5.32 Å². The van der Waals surface area contributed by atoms with Gasteiger partial charge in [0.05, 0.1) is 11.1 Å². The smallest absolute Gasteiger partial charge is 0.341 e. The van der Waals surface area contributed by atoms with Gasteiger partial charge in [-0.25, -0.2) is 4.79 Å². The summed E-state index contributed by atoms with van der Waals surface area (Å²) in [6, 6.07) is 6.05. The van der Waals surface area contributed by atoms with E-state index in [1.165, 1.54) is 18.2 Å². The number of hydrogen-bond acceptors (Lipinski definition) is 4. The Balaban J connectivity index is 2.74. The Kier molecular flexibility index (Phi) is 4.96. The molecule has 7 heteroatoms. The highest BCUT2D eigenvalue weighted by Crippen LogP contribution is 2.26. The van der Waals surface area contributed by atoms with Crippen LogP contribution in [0.25, 0.3) is 0 Å². The van der Waals surface area contributed by atoms with Gasteiger partial charge in [0, 0.05) is 0 Å². The maximum absolute atomic E-state index is 11.2. The summed E-state index contributed by atoms with van der Waals surface area (Å²) in [6.45, 7) is -0.522. The molecule has 1 rings (SSSR count). The predicted octanol–water partition coefficient (Wildman–Crippen LogP) is 1.06. The zero-order valence-corrected chi connectivity index (χ0v) is 9.90. The highest BCUT2D eigenvalue weighted by molar-refractivity contribution is 6.33. The van der Waals surface area contributed by atoms with Gasteiger partial charge in [0.2, 0.25) is 0 Å². The Morgan fingerprint density at radius 2 is 2.22 bits per heavy atom. The maximum Gasteiger partial charge on any atom is 0.341 e. The zero-order valence-electron chi connectivity index (χ0n) is 9.14. The number of nitrogens with zero attached hydrogens (tertiary/aromatic N) is 1. The third-order valence-corrected chi connectivity index (χ3v) is 2.23. The molecule has 94 valence electrons. The highest BCUT2D eigenvalue weighted by Gasteiger charge is 2.16. The summed E-state index contributed by atoms with van der Waals surface area (Å²) < 4.78 is 5.05. The van der Waals surface area contributed by atoms with Crippen molar-refractivity contribution >= 4 is 23.5 Å². The molecule has 0 radical (unpaired) electrons. The van der Waals surface area contributed by atoms with Crippen LogP contribution in [0.3, 0.4) is 0 Å². The summed E-state index contributed by atoms with van der Waals surface area (Å²) in [6.07, 6.45) is 0. The van der Waals surface area contributed by atoms with Crippen LogP contribution in [0, 0.1) is 11.3 Å². The lowest BCUT2D eigenvalue weighted by Crippen LogP contribution is -2.29. The molecule has 1 amide bonds. The van der Waals surface area contributed by atoms with Crippen LogP contribution in [-0.4, -0.2) is 30.1 Å². The normalized spacial score (nSPS) is 9.33. The third-order valence-electron chi connectivity index (χ3n) is 1.91. The van der Waals surface area contributed by atoms with Crippen LogP contribution in [0.15, 0.2) is 18.2 Å². The van der Waals surface area contributed by atoms with Gasteiger partial charge in [-0.2, -0.15) is 5.26 Å². The Morgan fingerprint density at radius 1 is 1.50 bits per heavy atom. The largest absolute Gasteiger partial charge is 0.483 e. The first kappa shape index (κ1) is 13.8. The molecule has 1 aromatic rings. The van der Waals surface area contributed by atoms with E-state index in [9.17, 15) is 9.59 Å². The molecule has 2 N–H and O–H groups in total. The Morgan fingerprint density at radius 3 is 2.83 bits per heavy atom. The minimum atomic E-state index is -1.24. The number of rotatable bonds is 5. The molecule has 0 unspecified atom stereocenters. The molecule has 0 aliphatic carbocycles. The van der Waals surface area contributed by atoms with Crippen LogP contribution in [0.5, 0.6) is 5.75 Å². The number of carboxylic acid groups (broad SMARTS) is 1. The summed E-state index contributed by atoms with van der Waals surface area (Å²) >= 11 is 5.72. The van der Waals surface area contributed by atoms with Crippen molar-refractivity contribution < 1.29 is 19.4 Å². The van der Waals surface area contributed by atoms with Gasteiger partial charge in [-0.15, -0.1) is 0 Å². The summed E-state index contributed by atoms with van der Waals surface area (Å²) in [5.41, 5.74) is -0.202. The minimum Gasteiger partial charge on any atom is -0.483 e. The van der Waals surface area contributed by atoms with Crippen molar-refractivity contribution in [2.45, 2.75) is 0 Å². The molecule has 1 aromatic carbocycles. The lowest BCUT2D eigenvalue weighted by atomic mass is 10.2. The van der Waals surface area contributed by atoms with E-state index in [0.717, 1.165) is 0 Å². The molecule has 0 spiro atoms. The lowest BCUT2D eigenvalue weighted by Gasteiger charge is -2.09. The van der Waals surface area contributed by atoms with Crippen molar-refractivity contribution in [3.05, 3.63) is 28.8 Å². The predicted molar refractivity (Wildman–Crippen MR) is 62.5 cm³/mol. The zero-order chi connectivity index (χ0) is 13.5. The van der Waals surface area contributed by atoms with Crippen LogP contribution in [0.1, 0.15) is 10.4 Å². The molecule has 0 aromatic heterocycles. The van der Waals surface area contributed by atoms with E-state index in [1.54, 1.807) is 6.07 Å². The summed E-state index contributed by atoms with van der Waals surface area (Å²) in [7, 11) is 0. The number of halogens is 1. The van der Waals surface area contributed by atoms with Gasteiger partial charge >= 0.3 is 5.97 Å². The van der Waals surface area contributed by atoms with E-state index in [0.29, 0.717) is 0 Å². The van der Waals surface area contributed by atoms with Crippen molar-refractivity contribution in [3.63, 3.8) is 0 Å². The average molecular weight is 269 g/mol. The van der Waals surface area contributed by atoms with Crippen LogP contribution in [-0.2, 0) is 4.79 Å². The number of carbonyl (C=O) groups is 2. The van der Waals surface area contributed by atoms with Crippen LogP contribution < -0.4 is 10.1 Å². The number of aromatic carboxylic acids is 1. The van der Waals surface area contributed by atoms with Crippen LogP contribution >= 0.6 is 11.6 Å². The highest BCUT2D eigenvalue weighted by atomic mass is 35.5. The van der Waals surface area contributed by atoms with E-state index in [-0.39, 0.29) is 29.5 Å². The standard InChI is InChI=1S/C11H9ClN2O4/c12-7-2-1-3-8(10(7)11(16)17)18-6-9(15)14-5-4-13/h1-3H,5-6H2,(H,14,15)(H,16,17). The van der Waals surface area contributed by atoms with Crippen molar-refractivity contribution in [1.29, 1.82) is 5.26 Å². The molecule has 0 saturated carbocycles. The number of ether oxygens (including phenoxy) is 1. The SMILES string of the molecule is N#CCNC(=O)COc1cccc(Cl)c1C(=O)O. The van der Waals surface area contributed by atoms with Gasteiger partial charge < -0.3 is 15.2 Å². The van der Waals surface area contributed by atoms with E-state index in [4.69, 9.17) is 26.7 Å². The van der Waals surface area contributed by atoms with Gasteiger partial charge in [-0.05, 0) is 12.1 Å². The second-order valence-corrected chi connectivity index (χ2v) is 3.55. The topological polar surface area (TPSA) is 99.4 Å². The summed E-state index contributed by atoms with van der Waals surface area (Å²) in [5.74, 6) is -1.76. The van der Waals surface area contributed by atoms with Crippen LogP contribution in [0.4, 0.5) is 0 Å². The number of amides is 1. The fourth-order valence-corrected chi connectivity index (χ4v) is 1.41. The first-order valence-corrected chi connectivity index (χ1v) is 5.22. The molecule has 0 saturated heterocycles. The summed E-state index contributed by atoms with van der Waals surface area (Å²) in [5, 5.41) is 19.5. The molecular formula is C11H9ClN2O4. The maximum atomic E-state index is 11.2. The number of benzene rings is 1. The van der Waals surface area contributed by atoms with E-state index in [2.05, 4.69) is 5.32 Å². The first-order chi connectivity index (χ1) is 8.56. The van der Waals surface area contributed by atoms with Gasteiger partial charge in [0.15, 0.2) is 6.61 Å². The fraction of sp³-hybridized carbons (Fsp3) is 0.182. The van der Waals surface area contributed by atoms with Gasteiger partial charge in [-0.1, -0.05) is 17.7 Å². The van der Waals surface area contributed by atoms with Gasteiger partial charge in [0.1, 0.15) is 17.9 Å². The molecule has 0 fully saturated rings. The van der Waals surface area contributed by atoms with E-state index < -0.39 is 11.9 Å². The Hall–Kier alpha value is -2.26. The molecule has 0 heterocycles. The van der Waals surface area contributed by atoms with Crippen LogP contribution in [0.2, 0.25) is 5.02 Å². The number of hydrogen-bond donors (Lipinski definition) is 2. The quantitative estimate of drug-likeness (QED) is 0.778. The first-order valence-electron chi connectivity index (χ1n) is 4.84. The third kappa shape index (κ3) is 3.64. The monoisotopic (exact) mass is 268 g/mol. The Bertz CT molecular complexity index is 510. The van der Waals surface area contributed by atoms with E-state index >= 15 is 0 Å². The summed E-state index contributed by atoms with van der Waals surface area (Å²) in [4.78, 5) is 22.1.